The third-order valence-corrected chi connectivity index (χ3v) is 6.24. The van der Waals surface area contributed by atoms with Gasteiger partial charge in [0.2, 0.25) is 11.8 Å². The lowest BCUT2D eigenvalue weighted by molar-refractivity contribution is -0.133. The highest BCUT2D eigenvalue weighted by molar-refractivity contribution is 7.90. The van der Waals surface area contributed by atoms with Crippen LogP contribution >= 0.6 is 0 Å². The summed E-state index contributed by atoms with van der Waals surface area (Å²) in [6.07, 6.45) is 2.46. The zero-order valence-electron chi connectivity index (χ0n) is 14.2. The van der Waals surface area contributed by atoms with Gasteiger partial charge >= 0.3 is 10.2 Å². The summed E-state index contributed by atoms with van der Waals surface area (Å²) < 4.78 is 29.1. The van der Waals surface area contributed by atoms with E-state index in [0.717, 1.165) is 18.4 Å². The molecule has 2 aliphatic heterocycles. The SMILES string of the molecule is CC1CCCN(S(=O)(=O)Nc2ccc(C3CC(=O)NC(=O)C3)cc2)C1. The van der Waals surface area contributed by atoms with Gasteiger partial charge in [0.1, 0.15) is 0 Å². The van der Waals surface area contributed by atoms with Gasteiger partial charge < -0.3 is 0 Å². The maximum Gasteiger partial charge on any atom is 0.301 e. The second-order valence-corrected chi connectivity index (χ2v) is 8.58. The maximum atomic E-state index is 12.5. The molecule has 2 aliphatic rings. The first-order chi connectivity index (χ1) is 11.8. The van der Waals surface area contributed by atoms with E-state index in [1.54, 1.807) is 24.3 Å². The summed E-state index contributed by atoms with van der Waals surface area (Å²) in [4.78, 5) is 23.0. The Morgan fingerprint density at radius 1 is 1.12 bits per heavy atom. The van der Waals surface area contributed by atoms with Crippen molar-refractivity contribution in [3.05, 3.63) is 29.8 Å². The molecule has 1 unspecified atom stereocenters. The van der Waals surface area contributed by atoms with Crippen molar-refractivity contribution in [3.63, 3.8) is 0 Å². The van der Waals surface area contributed by atoms with Crippen LogP contribution in [-0.2, 0) is 19.8 Å². The third kappa shape index (κ3) is 4.38. The summed E-state index contributed by atoms with van der Waals surface area (Å²) in [6, 6.07) is 6.90. The molecule has 0 aromatic heterocycles. The van der Waals surface area contributed by atoms with Gasteiger partial charge in [-0.3, -0.25) is 19.6 Å². The minimum atomic E-state index is -3.56. The molecule has 1 aromatic rings. The molecule has 0 aliphatic carbocycles. The van der Waals surface area contributed by atoms with E-state index in [0.29, 0.717) is 24.7 Å². The number of imide groups is 1. The van der Waals surface area contributed by atoms with Crippen LogP contribution in [0.5, 0.6) is 0 Å². The quantitative estimate of drug-likeness (QED) is 0.792. The highest BCUT2D eigenvalue weighted by Gasteiger charge is 2.28. The topological polar surface area (TPSA) is 95.6 Å². The van der Waals surface area contributed by atoms with E-state index in [-0.39, 0.29) is 30.6 Å². The molecule has 2 fully saturated rings. The average molecular weight is 365 g/mol. The number of anilines is 1. The van der Waals surface area contributed by atoms with Crippen LogP contribution in [0.2, 0.25) is 0 Å². The van der Waals surface area contributed by atoms with Crippen molar-refractivity contribution in [1.82, 2.24) is 9.62 Å². The van der Waals surface area contributed by atoms with Gasteiger partial charge in [-0.05, 0) is 36.5 Å². The van der Waals surface area contributed by atoms with E-state index in [9.17, 15) is 18.0 Å². The molecule has 7 nitrogen and oxygen atoms in total. The van der Waals surface area contributed by atoms with Crippen molar-refractivity contribution in [1.29, 1.82) is 0 Å². The van der Waals surface area contributed by atoms with Gasteiger partial charge in [0.25, 0.3) is 0 Å². The van der Waals surface area contributed by atoms with E-state index >= 15 is 0 Å². The number of hydrogen-bond donors (Lipinski definition) is 2. The van der Waals surface area contributed by atoms with Crippen molar-refractivity contribution >= 4 is 27.7 Å². The first kappa shape index (κ1) is 17.9. The Morgan fingerprint density at radius 3 is 2.36 bits per heavy atom. The lowest BCUT2D eigenvalue weighted by atomic mass is 9.89. The summed E-state index contributed by atoms with van der Waals surface area (Å²) in [6.45, 7) is 3.13. The average Bonchev–Trinajstić information content (AvgIpc) is 2.54. The Hall–Kier alpha value is -1.93. The highest BCUT2D eigenvalue weighted by Crippen LogP contribution is 2.28. The minimum absolute atomic E-state index is 0.158. The Morgan fingerprint density at radius 2 is 1.76 bits per heavy atom. The molecular formula is C17H23N3O4S. The van der Waals surface area contributed by atoms with E-state index in [1.165, 1.54) is 4.31 Å². The smallest absolute Gasteiger partial charge is 0.296 e. The first-order valence-electron chi connectivity index (χ1n) is 8.54. The second kappa shape index (κ2) is 7.13. The Bertz CT molecular complexity index is 745. The van der Waals surface area contributed by atoms with Crippen LogP contribution in [0.1, 0.15) is 44.1 Å². The molecule has 0 radical (unpaired) electrons. The molecule has 136 valence electrons. The van der Waals surface area contributed by atoms with Gasteiger partial charge in [0.05, 0.1) is 0 Å². The third-order valence-electron chi connectivity index (χ3n) is 4.73. The molecule has 2 N–H and O–H groups in total. The van der Waals surface area contributed by atoms with Crippen molar-refractivity contribution in [3.8, 4) is 0 Å². The van der Waals surface area contributed by atoms with E-state index in [1.807, 2.05) is 0 Å². The lowest BCUT2D eigenvalue weighted by Gasteiger charge is -2.30. The lowest BCUT2D eigenvalue weighted by Crippen LogP contribution is -2.42. The van der Waals surface area contributed by atoms with Crippen LogP contribution < -0.4 is 10.0 Å². The molecule has 2 amide bonds. The molecular weight excluding hydrogens is 342 g/mol. The van der Waals surface area contributed by atoms with Crippen molar-refractivity contribution < 1.29 is 18.0 Å². The van der Waals surface area contributed by atoms with Crippen molar-refractivity contribution in [2.75, 3.05) is 17.8 Å². The molecule has 0 saturated carbocycles. The predicted octanol–water partition coefficient (Wildman–Crippen LogP) is 1.60. The fourth-order valence-corrected chi connectivity index (χ4v) is 4.80. The zero-order chi connectivity index (χ0) is 18.0. The number of nitrogens with one attached hydrogen (secondary N) is 2. The van der Waals surface area contributed by atoms with E-state index < -0.39 is 10.2 Å². The number of nitrogens with zero attached hydrogens (tertiary/aromatic N) is 1. The number of hydrogen-bond acceptors (Lipinski definition) is 4. The molecule has 0 spiro atoms. The minimum Gasteiger partial charge on any atom is -0.296 e. The summed E-state index contributed by atoms with van der Waals surface area (Å²) in [7, 11) is -3.56. The summed E-state index contributed by atoms with van der Waals surface area (Å²) in [5, 5.41) is 2.29. The van der Waals surface area contributed by atoms with Crippen molar-refractivity contribution in [2.24, 2.45) is 5.92 Å². The molecule has 0 bridgehead atoms. The van der Waals surface area contributed by atoms with Crippen LogP contribution in [0.4, 0.5) is 5.69 Å². The zero-order valence-corrected chi connectivity index (χ0v) is 15.0. The Balaban J connectivity index is 1.68. The van der Waals surface area contributed by atoms with Crippen LogP contribution in [0.15, 0.2) is 24.3 Å². The predicted molar refractivity (Wildman–Crippen MR) is 94.1 cm³/mol. The normalized spacial score (nSPS) is 23.3. The molecule has 1 atom stereocenters. The van der Waals surface area contributed by atoms with Gasteiger partial charge in [-0.25, -0.2) is 0 Å². The van der Waals surface area contributed by atoms with E-state index in [2.05, 4.69) is 17.0 Å². The largest absolute Gasteiger partial charge is 0.301 e. The number of carbonyl (C=O) groups is 2. The van der Waals surface area contributed by atoms with Crippen LogP contribution in [-0.4, -0.2) is 37.6 Å². The summed E-state index contributed by atoms with van der Waals surface area (Å²) in [5.74, 6) is -0.340. The molecule has 8 heteroatoms. The Kier molecular flexibility index (Phi) is 5.10. The van der Waals surface area contributed by atoms with E-state index in [4.69, 9.17) is 0 Å². The Labute approximate surface area is 148 Å². The molecule has 1 aromatic carbocycles. The summed E-state index contributed by atoms with van der Waals surface area (Å²) in [5.41, 5.74) is 1.34. The van der Waals surface area contributed by atoms with Gasteiger partial charge in [0, 0.05) is 37.5 Å². The fraction of sp³-hybridized carbons (Fsp3) is 0.529. The monoisotopic (exact) mass is 365 g/mol. The molecule has 3 rings (SSSR count). The van der Waals surface area contributed by atoms with Gasteiger partial charge in [-0.2, -0.15) is 12.7 Å². The van der Waals surface area contributed by atoms with Gasteiger partial charge in [-0.15, -0.1) is 0 Å². The number of amides is 2. The molecule has 2 saturated heterocycles. The number of rotatable bonds is 4. The number of piperidine rings is 2. The molecule has 25 heavy (non-hydrogen) atoms. The number of carbonyl (C=O) groups excluding carboxylic acids is 2. The van der Waals surface area contributed by atoms with Crippen LogP contribution in [0.25, 0.3) is 0 Å². The number of benzene rings is 1. The maximum absolute atomic E-state index is 12.5. The van der Waals surface area contributed by atoms with Crippen LogP contribution in [0.3, 0.4) is 0 Å². The fourth-order valence-electron chi connectivity index (χ4n) is 3.41. The van der Waals surface area contributed by atoms with Gasteiger partial charge in [0.15, 0.2) is 0 Å². The first-order valence-corrected chi connectivity index (χ1v) is 9.98. The van der Waals surface area contributed by atoms with Crippen molar-refractivity contribution in [2.45, 2.75) is 38.5 Å². The summed E-state index contributed by atoms with van der Waals surface area (Å²) >= 11 is 0. The standard InChI is InChI=1S/C17H23N3O4S/c1-12-3-2-8-20(11-12)25(23,24)19-15-6-4-13(5-7-15)14-9-16(21)18-17(22)10-14/h4-7,12,14,19H,2-3,8-11H2,1H3,(H,18,21,22). The highest BCUT2D eigenvalue weighted by atomic mass is 32.2. The molecule has 2 heterocycles. The van der Waals surface area contributed by atoms with Crippen LogP contribution in [0, 0.1) is 5.92 Å². The van der Waals surface area contributed by atoms with Gasteiger partial charge in [-0.1, -0.05) is 19.1 Å². The second-order valence-electron chi connectivity index (χ2n) is 6.91.